The third-order valence-corrected chi connectivity index (χ3v) is 5.89. The number of benzene rings is 2. The second-order valence-electron chi connectivity index (χ2n) is 4.96. The first-order chi connectivity index (χ1) is 11.9. The van der Waals surface area contributed by atoms with Crippen molar-refractivity contribution in [2.24, 2.45) is 0 Å². The first-order valence-corrected chi connectivity index (χ1v) is 9.24. The molecule has 0 spiro atoms. The molecule has 1 fully saturated rings. The summed E-state index contributed by atoms with van der Waals surface area (Å²) in [5.41, 5.74) is 1.26. The smallest absolute Gasteiger partial charge is 0.268 e. The molecule has 1 aliphatic heterocycles. The summed E-state index contributed by atoms with van der Waals surface area (Å²) < 4.78 is 1.13. The van der Waals surface area contributed by atoms with Crippen molar-refractivity contribution >= 4 is 79.2 Å². The van der Waals surface area contributed by atoms with Crippen molar-refractivity contribution in [1.82, 2.24) is 0 Å². The van der Waals surface area contributed by atoms with Crippen LogP contribution in [0.15, 0.2) is 51.8 Å². The molecule has 2 aromatic rings. The fourth-order valence-corrected chi connectivity index (χ4v) is 3.88. The van der Waals surface area contributed by atoms with Crippen LogP contribution in [0.2, 0.25) is 5.02 Å². The Hall–Kier alpha value is -1.74. The molecule has 0 N–H and O–H groups in total. The highest BCUT2D eigenvalue weighted by Crippen LogP contribution is 2.38. The highest BCUT2D eigenvalue weighted by Gasteiger charge is 2.33. The molecule has 0 aliphatic carbocycles. The Kier molecular flexibility index (Phi) is 5.24. The molecule has 126 valence electrons. The number of thioether (sulfide) groups is 1. The number of carbonyl (C=O) groups excluding carboxylic acids is 1. The summed E-state index contributed by atoms with van der Waals surface area (Å²) in [4.78, 5) is 24.8. The van der Waals surface area contributed by atoms with Crippen molar-refractivity contribution in [2.75, 3.05) is 4.90 Å². The number of nitro benzene ring substituents is 1. The third kappa shape index (κ3) is 3.77. The van der Waals surface area contributed by atoms with E-state index in [0.717, 1.165) is 4.47 Å². The zero-order valence-electron chi connectivity index (χ0n) is 12.3. The van der Waals surface area contributed by atoms with Gasteiger partial charge >= 0.3 is 0 Å². The van der Waals surface area contributed by atoms with E-state index in [1.54, 1.807) is 36.4 Å². The van der Waals surface area contributed by atoms with E-state index in [-0.39, 0.29) is 11.6 Å². The highest BCUT2D eigenvalue weighted by atomic mass is 79.9. The molecule has 1 heterocycles. The van der Waals surface area contributed by atoms with E-state index in [0.29, 0.717) is 25.5 Å². The zero-order valence-corrected chi connectivity index (χ0v) is 16.3. The number of rotatable bonds is 3. The number of non-ortho nitro benzene ring substituents is 1. The molecule has 9 heteroatoms. The second-order valence-corrected chi connectivity index (χ2v) is 7.90. The normalized spacial score (nSPS) is 15.9. The number of hydrogen-bond acceptors (Lipinski definition) is 5. The minimum absolute atomic E-state index is 0.00537. The van der Waals surface area contributed by atoms with Crippen LogP contribution in [0, 0.1) is 10.1 Å². The minimum atomic E-state index is -0.472. The molecule has 0 bridgehead atoms. The van der Waals surface area contributed by atoms with Crippen LogP contribution in [-0.4, -0.2) is 15.2 Å². The van der Waals surface area contributed by atoms with E-state index in [2.05, 4.69) is 15.9 Å². The first-order valence-electron chi connectivity index (χ1n) is 6.84. The van der Waals surface area contributed by atoms with E-state index in [1.165, 1.54) is 28.8 Å². The lowest BCUT2D eigenvalue weighted by Gasteiger charge is -2.15. The monoisotopic (exact) mass is 454 g/mol. The van der Waals surface area contributed by atoms with E-state index in [9.17, 15) is 14.9 Å². The Morgan fingerprint density at radius 2 is 1.92 bits per heavy atom. The number of amides is 1. The molecule has 0 unspecified atom stereocenters. The Morgan fingerprint density at radius 3 is 2.52 bits per heavy atom. The van der Waals surface area contributed by atoms with Gasteiger partial charge in [0.05, 0.1) is 20.5 Å². The molecule has 0 radical (unpaired) electrons. The standard InChI is InChI=1S/C16H8BrClN2O3S2/c17-12-6-5-11(8-13(12)18)19-15(21)14(25-16(19)24)7-9-1-3-10(4-2-9)20(22)23/h1-8H/b14-7+. The van der Waals surface area contributed by atoms with Crippen LogP contribution in [0.1, 0.15) is 5.56 Å². The van der Waals surface area contributed by atoms with Gasteiger partial charge in [0.2, 0.25) is 0 Å². The summed E-state index contributed by atoms with van der Waals surface area (Å²) in [5, 5.41) is 11.2. The quantitative estimate of drug-likeness (QED) is 0.268. The van der Waals surface area contributed by atoms with Crippen LogP contribution in [0.5, 0.6) is 0 Å². The molecule has 1 amide bonds. The fraction of sp³-hybridized carbons (Fsp3) is 0. The van der Waals surface area contributed by atoms with Crippen LogP contribution in [0.4, 0.5) is 11.4 Å². The lowest BCUT2D eigenvalue weighted by molar-refractivity contribution is -0.384. The van der Waals surface area contributed by atoms with Crippen LogP contribution in [-0.2, 0) is 4.79 Å². The summed E-state index contributed by atoms with van der Waals surface area (Å²) >= 11 is 15.9. The van der Waals surface area contributed by atoms with Crippen molar-refractivity contribution in [3.05, 3.63) is 72.5 Å². The van der Waals surface area contributed by atoms with Crippen molar-refractivity contribution < 1.29 is 9.72 Å². The summed E-state index contributed by atoms with van der Waals surface area (Å²) in [5.74, 6) is -0.258. The third-order valence-electron chi connectivity index (χ3n) is 3.36. The van der Waals surface area contributed by atoms with Gasteiger partial charge in [-0.25, -0.2) is 0 Å². The average Bonchev–Trinajstić information content (AvgIpc) is 2.85. The molecule has 2 aromatic carbocycles. The number of thiocarbonyl (C=S) groups is 1. The minimum Gasteiger partial charge on any atom is -0.268 e. The Balaban J connectivity index is 1.90. The molecule has 5 nitrogen and oxygen atoms in total. The zero-order chi connectivity index (χ0) is 18.1. The Bertz CT molecular complexity index is 931. The SMILES string of the molecule is O=C1/C(=C\c2ccc([N+](=O)[O-])cc2)SC(=S)N1c1ccc(Br)c(Cl)c1. The topological polar surface area (TPSA) is 63.4 Å². The molecule has 0 aromatic heterocycles. The number of halogens is 2. The maximum atomic E-state index is 12.7. The van der Waals surface area contributed by atoms with Gasteiger partial charge in [0.25, 0.3) is 11.6 Å². The number of hydrogen-bond donors (Lipinski definition) is 0. The van der Waals surface area contributed by atoms with E-state index < -0.39 is 4.92 Å². The van der Waals surface area contributed by atoms with Gasteiger partial charge in [-0.3, -0.25) is 19.8 Å². The lowest BCUT2D eigenvalue weighted by Crippen LogP contribution is -2.27. The number of nitrogens with zero attached hydrogens (tertiary/aromatic N) is 2. The van der Waals surface area contributed by atoms with E-state index >= 15 is 0 Å². The maximum absolute atomic E-state index is 12.7. The van der Waals surface area contributed by atoms with Crippen LogP contribution < -0.4 is 4.90 Å². The second kappa shape index (κ2) is 7.25. The summed E-state index contributed by atoms with van der Waals surface area (Å²) in [6.45, 7) is 0. The predicted molar refractivity (Wildman–Crippen MR) is 108 cm³/mol. The molecule has 3 rings (SSSR count). The van der Waals surface area contributed by atoms with Gasteiger partial charge in [0.15, 0.2) is 4.32 Å². The van der Waals surface area contributed by atoms with Gasteiger partial charge in [-0.05, 0) is 57.9 Å². The lowest BCUT2D eigenvalue weighted by atomic mass is 10.2. The van der Waals surface area contributed by atoms with Gasteiger partial charge in [-0.15, -0.1) is 0 Å². The van der Waals surface area contributed by atoms with E-state index in [4.69, 9.17) is 23.8 Å². The van der Waals surface area contributed by atoms with Gasteiger partial charge in [-0.2, -0.15) is 0 Å². The Labute approximate surface area is 165 Å². The van der Waals surface area contributed by atoms with Gasteiger partial charge < -0.3 is 0 Å². The molecule has 1 aliphatic rings. The molecule has 0 atom stereocenters. The summed E-state index contributed by atoms with van der Waals surface area (Å²) in [6.07, 6.45) is 1.66. The molecule has 0 saturated carbocycles. The van der Waals surface area contributed by atoms with Crippen molar-refractivity contribution in [3.8, 4) is 0 Å². The molecule has 25 heavy (non-hydrogen) atoms. The van der Waals surface area contributed by atoms with Crippen molar-refractivity contribution in [2.45, 2.75) is 0 Å². The highest BCUT2D eigenvalue weighted by molar-refractivity contribution is 9.10. The van der Waals surface area contributed by atoms with Gasteiger partial charge in [0.1, 0.15) is 0 Å². The number of anilines is 1. The fourth-order valence-electron chi connectivity index (χ4n) is 2.16. The van der Waals surface area contributed by atoms with Crippen molar-refractivity contribution in [3.63, 3.8) is 0 Å². The average molecular weight is 456 g/mol. The molecular weight excluding hydrogens is 448 g/mol. The van der Waals surface area contributed by atoms with Crippen molar-refractivity contribution in [1.29, 1.82) is 0 Å². The largest absolute Gasteiger partial charge is 0.270 e. The molecular formula is C16H8BrClN2O3S2. The predicted octanol–water partition coefficient (Wildman–Crippen LogP) is 5.42. The van der Waals surface area contributed by atoms with E-state index in [1.807, 2.05) is 0 Å². The first kappa shape index (κ1) is 18.1. The van der Waals surface area contributed by atoms with Crippen LogP contribution >= 0.6 is 51.5 Å². The van der Waals surface area contributed by atoms with Crippen LogP contribution in [0.3, 0.4) is 0 Å². The van der Waals surface area contributed by atoms with Gasteiger partial charge in [-0.1, -0.05) is 35.6 Å². The number of nitro groups is 1. The number of carbonyl (C=O) groups is 1. The van der Waals surface area contributed by atoms with Gasteiger partial charge in [0, 0.05) is 16.6 Å². The van der Waals surface area contributed by atoms with Crippen LogP contribution in [0.25, 0.3) is 6.08 Å². The summed E-state index contributed by atoms with van der Waals surface area (Å²) in [6, 6.07) is 11.1. The summed E-state index contributed by atoms with van der Waals surface area (Å²) in [7, 11) is 0. The molecule has 1 saturated heterocycles. The maximum Gasteiger partial charge on any atom is 0.270 e. The Morgan fingerprint density at radius 1 is 1.24 bits per heavy atom.